The zero-order chi connectivity index (χ0) is 24.3. The summed E-state index contributed by atoms with van der Waals surface area (Å²) in [7, 11) is -3.94. The molecule has 3 aromatic rings. The van der Waals surface area contributed by atoms with Crippen molar-refractivity contribution < 1.29 is 13.2 Å². The summed E-state index contributed by atoms with van der Waals surface area (Å²) < 4.78 is 34.7. The van der Waals surface area contributed by atoms with Gasteiger partial charge in [-0.15, -0.1) is 0 Å². The summed E-state index contributed by atoms with van der Waals surface area (Å²) in [5.41, 5.74) is 5.25. The summed E-state index contributed by atoms with van der Waals surface area (Å²) in [6.07, 6.45) is 0.468. The largest absolute Gasteiger partial charge is 0.494 e. The van der Waals surface area contributed by atoms with Crippen LogP contribution in [0.1, 0.15) is 36.6 Å². The Bertz CT molecular complexity index is 1310. The highest BCUT2D eigenvalue weighted by molar-refractivity contribution is 7.89. The van der Waals surface area contributed by atoms with Crippen molar-refractivity contribution in [2.24, 2.45) is 5.10 Å². The molecule has 0 aliphatic carbocycles. The van der Waals surface area contributed by atoms with E-state index in [0.717, 1.165) is 11.3 Å². The number of rotatable bonds is 8. The van der Waals surface area contributed by atoms with Crippen LogP contribution in [0.5, 0.6) is 5.75 Å². The molecule has 2 atom stereocenters. The average molecular weight is 539 g/mol. The van der Waals surface area contributed by atoms with Gasteiger partial charge in [0.15, 0.2) is 0 Å². The lowest BCUT2D eigenvalue weighted by Crippen LogP contribution is -2.33. The number of hydrogen-bond acceptors (Lipinski definition) is 5. The molecule has 34 heavy (non-hydrogen) atoms. The lowest BCUT2D eigenvalue weighted by atomic mass is 9.96. The molecule has 0 saturated heterocycles. The summed E-state index contributed by atoms with van der Waals surface area (Å²) in [6, 6.07) is 17.8. The van der Waals surface area contributed by atoms with Crippen molar-refractivity contribution in [3.05, 3.63) is 92.9 Å². The minimum absolute atomic E-state index is 0.0460. The van der Waals surface area contributed by atoms with Gasteiger partial charge in [0.05, 0.1) is 29.3 Å². The van der Waals surface area contributed by atoms with Crippen molar-refractivity contribution in [3.63, 3.8) is 0 Å². The van der Waals surface area contributed by atoms with Crippen LogP contribution in [0.4, 0.5) is 0 Å². The van der Waals surface area contributed by atoms with Crippen LogP contribution < -0.4 is 14.9 Å². The van der Waals surface area contributed by atoms with Gasteiger partial charge in [-0.05, 0) is 60.5 Å². The van der Waals surface area contributed by atoms with Crippen molar-refractivity contribution >= 4 is 50.5 Å². The zero-order valence-electron chi connectivity index (χ0n) is 18.1. The van der Waals surface area contributed by atoms with Crippen LogP contribution in [0.3, 0.4) is 0 Å². The van der Waals surface area contributed by atoms with E-state index in [2.05, 4.69) is 15.2 Å². The van der Waals surface area contributed by atoms with Gasteiger partial charge in [0.1, 0.15) is 5.75 Å². The maximum Gasteiger partial charge on any atom is 0.241 e. The van der Waals surface area contributed by atoms with Crippen LogP contribution in [-0.2, 0) is 10.0 Å². The molecule has 10 heteroatoms. The van der Waals surface area contributed by atoms with Gasteiger partial charge < -0.3 is 10.2 Å². The second-order valence-electron chi connectivity index (χ2n) is 7.67. The lowest BCUT2D eigenvalue weighted by molar-refractivity contribution is 0.340. The van der Waals surface area contributed by atoms with Crippen molar-refractivity contribution in [1.82, 2.24) is 10.1 Å². The van der Waals surface area contributed by atoms with Crippen molar-refractivity contribution in [1.29, 1.82) is 0 Å². The Hall–Kier alpha value is -2.29. The molecule has 1 heterocycles. The fourth-order valence-corrected chi connectivity index (χ4v) is 5.72. The molecule has 2 N–H and O–H groups in total. The molecule has 0 radical (unpaired) electrons. The van der Waals surface area contributed by atoms with E-state index in [1.54, 1.807) is 30.3 Å². The summed E-state index contributed by atoms with van der Waals surface area (Å²) in [4.78, 5) is 0.0460. The van der Waals surface area contributed by atoms with Gasteiger partial charge in [0.2, 0.25) is 10.0 Å². The fourth-order valence-electron chi connectivity index (χ4n) is 3.70. The number of ether oxygens (including phenoxy) is 1. The fraction of sp³-hybridized carbons (Fsp3) is 0.208. The SMILES string of the molecule is CCOc1ccc(C2CC(C(NS(=O)(=O)c3cccc(Cl)c3)c3ccc(Cl)cc3Cl)=NN2)cc1. The van der Waals surface area contributed by atoms with E-state index in [9.17, 15) is 8.42 Å². The first-order valence-electron chi connectivity index (χ1n) is 10.5. The Balaban J connectivity index is 1.64. The van der Waals surface area contributed by atoms with E-state index >= 15 is 0 Å². The molecule has 0 amide bonds. The highest BCUT2D eigenvalue weighted by Gasteiger charge is 2.32. The lowest BCUT2D eigenvalue weighted by Gasteiger charge is -2.21. The average Bonchev–Trinajstić information content (AvgIpc) is 3.29. The van der Waals surface area contributed by atoms with Gasteiger partial charge >= 0.3 is 0 Å². The minimum Gasteiger partial charge on any atom is -0.494 e. The van der Waals surface area contributed by atoms with E-state index in [-0.39, 0.29) is 10.9 Å². The van der Waals surface area contributed by atoms with Crippen LogP contribution >= 0.6 is 34.8 Å². The monoisotopic (exact) mass is 537 g/mol. The topological polar surface area (TPSA) is 79.8 Å². The molecule has 1 aliphatic heterocycles. The molecule has 0 spiro atoms. The molecular weight excluding hydrogens is 517 g/mol. The van der Waals surface area contributed by atoms with Gasteiger partial charge in [-0.1, -0.05) is 59.1 Å². The number of hydrazone groups is 1. The van der Waals surface area contributed by atoms with E-state index in [1.165, 1.54) is 12.1 Å². The zero-order valence-corrected chi connectivity index (χ0v) is 21.2. The second kappa shape index (κ2) is 10.5. The number of sulfonamides is 1. The number of halogens is 3. The van der Waals surface area contributed by atoms with Crippen molar-refractivity contribution in [3.8, 4) is 5.75 Å². The molecule has 6 nitrogen and oxygen atoms in total. The molecule has 0 bridgehead atoms. The quantitative estimate of drug-likeness (QED) is 0.360. The number of benzene rings is 3. The smallest absolute Gasteiger partial charge is 0.241 e. The standard InChI is InChI=1S/C24H22Cl3N3O3S/c1-2-33-18-9-6-15(7-10-18)22-14-23(29-28-22)24(20-11-8-17(26)13-21(20)27)30-34(31,32)19-5-3-4-16(25)12-19/h3-13,22,24,28,30H,2,14H2,1H3. The van der Waals surface area contributed by atoms with E-state index in [1.807, 2.05) is 31.2 Å². The van der Waals surface area contributed by atoms with Crippen LogP contribution in [0, 0.1) is 0 Å². The Kier molecular flexibility index (Phi) is 7.70. The number of nitrogens with zero attached hydrogens (tertiary/aromatic N) is 1. The third-order valence-electron chi connectivity index (χ3n) is 5.36. The maximum absolute atomic E-state index is 13.2. The Labute approximate surface area is 213 Å². The number of hydrogen-bond donors (Lipinski definition) is 2. The molecule has 3 aromatic carbocycles. The van der Waals surface area contributed by atoms with Gasteiger partial charge in [0.25, 0.3) is 0 Å². The van der Waals surface area contributed by atoms with Gasteiger partial charge in [0, 0.05) is 21.5 Å². The summed E-state index contributed by atoms with van der Waals surface area (Å²) in [6.45, 7) is 2.52. The third kappa shape index (κ3) is 5.67. The molecule has 4 rings (SSSR count). The highest BCUT2D eigenvalue weighted by Crippen LogP contribution is 2.34. The minimum atomic E-state index is -3.94. The van der Waals surface area contributed by atoms with Gasteiger partial charge in [-0.25, -0.2) is 8.42 Å². The predicted octanol–water partition coefficient (Wildman–Crippen LogP) is 6.16. The summed E-state index contributed by atoms with van der Waals surface area (Å²) in [5.74, 6) is 0.783. The Morgan fingerprint density at radius 3 is 2.47 bits per heavy atom. The molecule has 2 unspecified atom stereocenters. The van der Waals surface area contributed by atoms with Crippen LogP contribution in [0.25, 0.3) is 0 Å². The molecule has 0 saturated carbocycles. The van der Waals surface area contributed by atoms with E-state index in [4.69, 9.17) is 39.5 Å². The summed E-state index contributed by atoms with van der Waals surface area (Å²) >= 11 is 18.6. The summed E-state index contributed by atoms with van der Waals surface area (Å²) in [5, 5.41) is 5.58. The molecular formula is C24H22Cl3N3O3S. The Morgan fingerprint density at radius 2 is 1.79 bits per heavy atom. The predicted molar refractivity (Wildman–Crippen MR) is 137 cm³/mol. The van der Waals surface area contributed by atoms with Crippen LogP contribution in [0.15, 0.2) is 76.7 Å². The first kappa shape index (κ1) is 24.8. The van der Waals surface area contributed by atoms with Crippen molar-refractivity contribution in [2.75, 3.05) is 6.61 Å². The number of nitrogens with one attached hydrogen (secondary N) is 2. The first-order valence-corrected chi connectivity index (χ1v) is 13.2. The molecule has 0 fully saturated rings. The van der Waals surface area contributed by atoms with Crippen LogP contribution in [-0.4, -0.2) is 20.7 Å². The van der Waals surface area contributed by atoms with E-state index < -0.39 is 16.1 Å². The van der Waals surface area contributed by atoms with Gasteiger partial charge in [-0.2, -0.15) is 9.82 Å². The molecule has 0 aromatic heterocycles. The normalized spacial score (nSPS) is 16.6. The highest BCUT2D eigenvalue weighted by atomic mass is 35.5. The second-order valence-corrected chi connectivity index (χ2v) is 10.7. The van der Waals surface area contributed by atoms with E-state index in [0.29, 0.717) is 39.4 Å². The van der Waals surface area contributed by atoms with Gasteiger partial charge in [-0.3, -0.25) is 0 Å². The Morgan fingerprint density at radius 1 is 1.06 bits per heavy atom. The van der Waals surface area contributed by atoms with Crippen molar-refractivity contribution in [2.45, 2.75) is 30.3 Å². The van der Waals surface area contributed by atoms with Crippen LogP contribution in [0.2, 0.25) is 15.1 Å². The third-order valence-corrected chi connectivity index (χ3v) is 7.57. The molecule has 178 valence electrons. The molecule has 1 aliphatic rings. The maximum atomic E-state index is 13.2. The first-order chi connectivity index (χ1) is 16.3.